The maximum absolute atomic E-state index is 11.1. The third kappa shape index (κ3) is 4.36. The first-order chi connectivity index (χ1) is 9.31. The molecule has 0 fully saturated rings. The Morgan fingerprint density at radius 1 is 1.30 bits per heavy atom. The number of rotatable bonds is 6. The van der Waals surface area contributed by atoms with E-state index in [2.05, 4.69) is 0 Å². The van der Waals surface area contributed by atoms with E-state index in [1.54, 1.807) is 0 Å². The van der Waals surface area contributed by atoms with Gasteiger partial charge in [-0.2, -0.15) is 0 Å². The number of carboxylic acid groups (broad SMARTS) is 2. The molecule has 0 saturated heterocycles. The average Bonchev–Trinajstić information content (AvgIpc) is 2.34. The normalized spacial score (nSPS) is 12.8. The van der Waals surface area contributed by atoms with Gasteiger partial charge in [0.15, 0.2) is 0 Å². The van der Waals surface area contributed by atoms with Crippen molar-refractivity contribution in [3.63, 3.8) is 0 Å². The van der Waals surface area contributed by atoms with Gasteiger partial charge in [0, 0.05) is 16.0 Å². The molecule has 0 spiro atoms. The van der Waals surface area contributed by atoms with E-state index in [1.165, 1.54) is 24.3 Å². The number of nitrogens with zero attached hydrogens (tertiary/aromatic N) is 1. The third-order valence-electron chi connectivity index (χ3n) is 2.51. The highest BCUT2D eigenvalue weighted by atomic mass is 35.5. The SMILES string of the molecule is O=C(O)/C=C(\C(=O)O)[C@H](C[N+](=O)[O-])c1ccc(Cl)cc1. The number of benzene rings is 1. The first kappa shape index (κ1) is 15.6. The fraction of sp³-hybridized carbons (Fsp3) is 0.167. The highest BCUT2D eigenvalue weighted by Gasteiger charge is 2.28. The molecule has 0 radical (unpaired) electrons. The van der Waals surface area contributed by atoms with E-state index in [0.29, 0.717) is 16.7 Å². The van der Waals surface area contributed by atoms with Crippen LogP contribution in [0.2, 0.25) is 5.02 Å². The second kappa shape index (κ2) is 6.67. The first-order valence-corrected chi connectivity index (χ1v) is 5.74. The van der Waals surface area contributed by atoms with Gasteiger partial charge in [0.2, 0.25) is 6.54 Å². The Morgan fingerprint density at radius 2 is 1.85 bits per heavy atom. The fourth-order valence-corrected chi connectivity index (χ4v) is 1.80. The van der Waals surface area contributed by atoms with Crippen LogP contribution in [0.25, 0.3) is 0 Å². The Morgan fingerprint density at radius 3 is 2.25 bits per heavy atom. The minimum atomic E-state index is -1.52. The van der Waals surface area contributed by atoms with Gasteiger partial charge < -0.3 is 10.2 Å². The molecule has 8 heteroatoms. The standard InChI is InChI=1S/C12H10ClNO6/c13-8-3-1-7(2-4-8)10(6-14(19)20)9(12(17)18)5-11(15)16/h1-5,10H,6H2,(H,15,16)(H,17,18)/b9-5-/t10-/m1/s1. The van der Waals surface area contributed by atoms with Crippen LogP contribution in [0.3, 0.4) is 0 Å². The lowest BCUT2D eigenvalue weighted by molar-refractivity contribution is -0.481. The zero-order valence-electron chi connectivity index (χ0n) is 10.0. The molecule has 1 atom stereocenters. The first-order valence-electron chi connectivity index (χ1n) is 5.36. The number of halogens is 1. The zero-order chi connectivity index (χ0) is 15.3. The van der Waals surface area contributed by atoms with Crippen LogP contribution in [-0.2, 0) is 9.59 Å². The third-order valence-corrected chi connectivity index (χ3v) is 2.76. The van der Waals surface area contributed by atoms with E-state index in [0.717, 1.165) is 0 Å². The second-order valence-corrected chi connectivity index (χ2v) is 4.30. The largest absolute Gasteiger partial charge is 0.478 e. The highest BCUT2D eigenvalue weighted by Crippen LogP contribution is 2.26. The van der Waals surface area contributed by atoms with Gasteiger partial charge in [0.25, 0.3) is 0 Å². The molecule has 7 nitrogen and oxygen atoms in total. The Balaban J connectivity index is 3.29. The van der Waals surface area contributed by atoms with Crippen LogP contribution in [0.4, 0.5) is 0 Å². The number of hydrogen-bond donors (Lipinski definition) is 2. The summed E-state index contributed by atoms with van der Waals surface area (Å²) < 4.78 is 0. The fourth-order valence-electron chi connectivity index (χ4n) is 1.67. The van der Waals surface area contributed by atoms with Crippen LogP contribution in [0.15, 0.2) is 35.9 Å². The van der Waals surface area contributed by atoms with Gasteiger partial charge in [-0.05, 0) is 17.7 Å². The predicted octanol–water partition coefficient (Wildman–Crippen LogP) is 1.80. The van der Waals surface area contributed by atoms with Gasteiger partial charge in [0.05, 0.1) is 11.5 Å². The summed E-state index contributed by atoms with van der Waals surface area (Å²) in [7, 11) is 0. The number of aliphatic carboxylic acids is 2. The lowest BCUT2D eigenvalue weighted by Crippen LogP contribution is -2.20. The van der Waals surface area contributed by atoms with Crippen molar-refractivity contribution in [3.05, 3.63) is 56.6 Å². The number of carbonyl (C=O) groups is 2. The van der Waals surface area contributed by atoms with Gasteiger partial charge in [-0.3, -0.25) is 10.1 Å². The van der Waals surface area contributed by atoms with Gasteiger partial charge in [0.1, 0.15) is 0 Å². The molecule has 0 heterocycles. The summed E-state index contributed by atoms with van der Waals surface area (Å²) in [5.41, 5.74) is -0.252. The molecule has 0 amide bonds. The minimum absolute atomic E-state index is 0.306. The molecule has 0 aliphatic heterocycles. The van der Waals surface area contributed by atoms with E-state index in [4.69, 9.17) is 21.8 Å². The molecule has 0 aliphatic rings. The van der Waals surface area contributed by atoms with Crippen LogP contribution in [0.1, 0.15) is 11.5 Å². The maximum Gasteiger partial charge on any atom is 0.332 e. The molecule has 1 rings (SSSR count). The Bertz CT molecular complexity index is 566. The molecule has 1 aromatic carbocycles. The summed E-state index contributed by atoms with van der Waals surface area (Å²) in [6.45, 7) is -0.729. The molecule has 0 saturated carbocycles. The number of nitro groups is 1. The highest BCUT2D eigenvalue weighted by molar-refractivity contribution is 6.30. The second-order valence-electron chi connectivity index (χ2n) is 3.86. The van der Waals surface area contributed by atoms with Crippen molar-refractivity contribution in [2.75, 3.05) is 6.54 Å². The summed E-state index contributed by atoms with van der Waals surface area (Å²) in [4.78, 5) is 31.8. The molecule has 0 unspecified atom stereocenters. The molecule has 0 bridgehead atoms. The van der Waals surface area contributed by atoms with Gasteiger partial charge in [-0.1, -0.05) is 23.7 Å². The molecule has 0 aromatic heterocycles. The van der Waals surface area contributed by atoms with Crippen molar-refractivity contribution in [1.82, 2.24) is 0 Å². The topological polar surface area (TPSA) is 118 Å². The average molecular weight is 300 g/mol. The smallest absolute Gasteiger partial charge is 0.332 e. The quantitative estimate of drug-likeness (QED) is 0.470. The summed E-state index contributed by atoms with van der Waals surface area (Å²) in [5.74, 6) is -4.17. The van der Waals surface area contributed by atoms with Crippen molar-refractivity contribution in [3.8, 4) is 0 Å². The summed E-state index contributed by atoms with van der Waals surface area (Å²) in [6, 6.07) is 5.75. The molecule has 2 N–H and O–H groups in total. The molecule has 20 heavy (non-hydrogen) atoms. The Labute approximate surface area is 118 Å². The maximum atomic E-state index is 11.1. The van der Waals surface area contributed by atoms with Crippen LogP contribution < -0.4 is 0 Å². The van der Waals surface area contributed by atoms with Crippen LogP contribution >= 0.6 is 11.6 Å². The summed E-state index contributed by atoms with van der Waals surface area (Å²) in [6.07, 6.45) is 0.463. The van der Waals surface area contributed by atoms with E-state index < -0.39 is 34.9 Å². The van der Waals surface area contributed by atoms with Crippen LogP contribution in [0.5, 0.6) is 0 Å². The summed E-state index contributed by atoms with van der Waals surface area (Å²) in [5, 5.41) is 28.8. The Kier molecular flexibility index (Phi) is 5.22. The van der Waals surface area contributed by atoms with Crippen molar-refractivity contribution < 1.29 is 24.7 Å². The van der Waals surface area contributed by atoms with E-state index >= 15 is 0 Å². The molecular formula is C12H10ClNO6. The van der Waals surface area contributed by atoms with Crippen molar-refractivity contribution in [2.45, 2.75) is 5.92 Å². The molecule has 0 aliphatic carbocycles. The van der Waals surface area contributed by atoms with E-state index in [9.17, 15) is 19.7 Å². The lowest BCUT2D eigenvalue weighted by Gasteiger charge is -2.14. The molecular weight excluding hydrogens is 290 g/mol. The van der Waals surface area contributed by atoms with Crippen LogP contribution in [-0.4, -0.2) is 33.6 Å². The van der Waals surface area contributed by atoms with E-state index in [-0.39, 0.29) is 0 Å². The number of hydrogen-bond acceptors (Lipinski definition) is 4. The van der Waals surface area contributed by atoms with Crippen molar-refractivity contribution in [1.29, 1.82) is 0 Å². The van der Waals surface area contributed by atoms with Gasteiger partial charge in [-0.15, -0.1) is 0 Å². The van der Waals surface area contributed by atoms with Crippen molar-refractivity contribution >= 4 is 23.5 Å². The minimum Gasteiger partial charge on any atom is -0.478 e. The van der Waals surface area contributed by atoms with Gasteiger partial charge >= 0.3 is 11.9 Å². The predicted molar refractivity (Wildman–Crippen MR) is 69.4 cm³/mol. The molecule has 106 valence electrons. The molecule has 1 aromatic rings. The lowest BCUT2D eigenvalue weighted by atomic mass is 9.90. The van der Waals surface area contributed by atoms with Crippen LogP contribution in [0, 0.1) is 10.1 Å². The zero-order valence-corrected chi connectivity index (χ0v) is 10.8. The Hall–Kier alpha value is -2.41. The monoisotopic (exact) mass is 299 g/mol. The number of carboxylic acids is 2. The summed E-state index contributed by atoms with van der Waals surface area (Å²) >= 11 is 5.69. The van der Waals surface area contributed by atoms with Crippen molar-refractivity contribution in [2.24, 2.45) is 0 Å². The van der Waals surface area contributed by atoms with E-state index in [1.807, 2.05) is 0 Å². The van der Waals surface area contributed by atoms with Gasteiger partial charge in [-0.25, -0.2) is 9.59 Å².